The lowest BCUT2D eigenvalue weighted by Crippen LogP contribution is -2.22. The van der Waals surface area contributed by atoms with Crippen molar-refractivity contribution in [1.82, 2.24) is 24.1 Å². The van der Waals surface area contributed by atoms with Crippen LogP contribution in [0.5, 0.6) is 5.75 Å². The second kappa shape index (κ2) is 7.46. The largest absolute Gasteiger partial charge is 0.497 e. The molecule has 5 aromatic rings. The van der Waals surface area contributed by atoms with E-state index in [0.717, 1.165) is 44.9 Å². The van der Waals surface area contributed by atoms with Crippen LogP contribution >= 0.6 is 23.6 Å². The van der Waals surface area contributed by atoms with Crippen molar-refractivity contribution in [3.63, 3.8) is 0 Å². The van der Waals surface area contributed by atoms with E-state index in [1.807, 2.05) is 33.3 Å². The molecule has 2 aromatic carbocycles. The van der Waals surface area contributed by atoms with Gasteiger partial charge < -0.3 is 4.74 Å². The predicted octanol–water partition coefficient (Wildman–Crippen LogP) is 5.03. The van der Waals surface area contributed by atoms with Gasteiger partial charge in [-0.15, -0.1) is 11.3 Å². The maximum atomic E-state index is 5.80. The monoisotopic (exact) mass is 435 g/mol. The zero-order valence-electron chi connectivity index (χ0n) is 17.0. The highest BCUT2D eigenvalue weighted by Gasteiger charge is 2.13. The minimum atomic E-state index is 0.584. The molecule has 6 nitrogen and oxygen atoms in total. The summed E-state index contributed by atoms with van der Waals surface area (Å²) in [4.78, 5) is 6.91. The lowest BCUT2D eigenvalue weighted by atomic mass is 10.1. The Balaban J connectivity index is 1.50. The van der Waals surface area contributed by atoms with E-state index >= 15 is 0 Å². The van der Waals surface area contributed by atoms with Crippen LogP contribution in [-0.4, -0.2) is 38.2 Å². The molecule has 0 aliphatic rings. The lowest BCUT2D eigenvalue weighted by molar-refractivity contribution is 0.244. The van der Waals surface area contributed by atoms with E-state index in [1.165, 1.54) is 4.70 Å². The van der Waals surface area contributed by atoms with E-state index in [-0.39, 0.29) is 0 Å². The van der Waals surface area contributed by atoms with Crippen LogP contribution in [0.1, 0.15) is 10.6 Å². The van der Waals surface area contributed by atoms with Crippen LogP contribution in [0, 0.1) is 11.7 Å². The van der Waals surface area contributed by atoms with Crippen molar-refractivity contribution in [2.75, 3.05) is 14.2 Å². The van der Waals surface area contributed by atoms with E-state index in [9.17, 15) is 0 Å². The highest BCUT2D eigenvalue weighted by molar-refractivity contribution is 7.71. The average molecular weight is 436 g/mol. The van der Waals surface area contributed by atoms with Crippen LogP contribution in [0.15, 0.2) is 48.5 Å². The fourth-order valence-electron chi connectivity index (χ4n) is 3.76. The molecule has 5 rings (SSSR count). The van der Waals surface area contributed by atoms with Crippen molar-refractivity contribution in [1.29, 1.82) is 0 Å². The molecule has 0 spiro atoms. The first-order chi connectivity index (χ1) is 14.5. The molecule has 0 atom stereocenters. The van der Waals surface area contributed by atoms with E-state index in [4.69, 9.17) is 27.0 Å². The molecule has 0 bridgehead atoms. The maximum absolute atomic E-state index is 5.80. The number of benzene rings is 2. The van der Waals surface area contributed by atoms with Gasteiger partial charge in [0.2, 0.25) is 4.77 Å². The fraction of sp³-hybridized carbons (Fsp3) is 0.227. The first kappa shape index (κ1) is 19.2. The Kier molecular flexibility index (Phi) is 4.77. The predicted molar refractivity (Wildman–Crippen MR) is 124 cm³/mol. The molecule has 0 radical (unpaired) electrons. The van der Waals surface area contributed by atoms with Crippen LogP contribution in [0.4, 0.5) is 0 Å². The standard InChI is InChI=1S/C22H21N5OS2/c1-14-10-20-24-26(22(29)27(20)18-11-15(28-3)8-9-16(14)18)13-25(2)12-21-23-17-6-4-5-7-19(17)30-21/h4-11H,12-13H2,1-3H3. The molecule has 0 aliphatic heterocycles. The summed E-state index contributed by atoms with van der Waals surface area (Å²) in [5.74, 6) is 0.803. The number of para-hydroxylation sites is 1. The van der Waals surface area contributed by atoms with Gasteiger partial charge in [0, 0.05) is 11.5 Å². The number of aryl methyl sites for hydroxylation is 1. The van der Waals surface area contributed by atoms with Gasteiger partial charge >= 0.3 is 0 Å². The highest BCUT2D eigenvalue weighted by Crippen LogP contribution is 2.26. The average Bonchev–Trinajstić information content (AvgIpc) is 3.27. The van der Waals surface area contributed by atoms with Crippen molar-refractivity contribution in [2.24, 2.45) is 0 Å². The second-order valence-corrected chi connectivity index (χ2v) is 8.90. The number of ether oxygens (including phenoxy) is 1. The van der Waals surface area contributed by atoms with E-state index in [2.05, 4.69) is 43.1 Å². The van der Waals surface area contributed by atoms with E-state index < -0.39 is 0 Å². The SMILES string of the molecule is COc1ccc2c(C)cc3nn(CN(C)Cc4nc5ccccc5s4)c(=S)n3c2c1. The smallest absolute Gasteiger partial charge is 0.204 e. The van der Waals surface area contributed by atoms with Crippen LogP contribution in [0.3, 0.4) is 0 Å². The molecule has 0 N–H and O–H groups in total. The molecule has 0 saturated carbocycles. The first-order valence-electron chi connectivity index (χ1n) is 9.63. The number of hydrogen-bond donors (Lipinski definition) is 0. The summed E-state index contributed by atoms with van der Waals surface area (Å²) < 4.78 is 11.2. The molecule has 152 valence electrons. The van der Waals surface area contributed by atoms with Crippen LogP contribution < -0.4 is 4.74 Å². The van der Waals surface area contributed by atoms with Crippen molar-refractivity contribution in [3.8, 4) is 5.75 Å². The van der Waals surface area contributed by atoms with E-state index in [1.54, 1.807) is 18.4 Å². The van der Waals surface area contributed by atoms with Gasteiger partial charge in [-0.1, -0.05) is 12.1 Å². The van der Waals surface area contributed by atoms with Gasteiger partial charge in [-0.05, 0) is 62.1 Å². The quantitative estimate of drug-likeness (QED) is 0.362. The summed E-state index contributed by atoms with van der Waals surface area (Å²) >= 11 is 7.52. The summed E-state index contributed by atoms with van der Waals surface area (Å²) in [6, 6.07) is 16.4. The van der Waals surface area contributed by atoms with Gasteiger partial charge in [0.25, 0.3) is 0 Å². The molecule has 3 heterocycles. The minimum absolute atomic E-state index is 0.584. The first-order valence-corrected chi connectivity index (χ1v) is 10.9. The Bertz CT molecular complexity index is 1420. The minimum Gasteiger partial charge on any atom is -0.497 e. The van der Waals surface area contributed by atoms with Crippen LogP contribution in [0.2, 0.25) is 0 Å². The highest BCUT2D eigenvalue weighted by atomic mass is 32.1. The molecule has 0 amide bonds. The van der Waals surface area contributed by atoms with Crippen LogP contribution in [-0.2, 0) is 13.2 Å². The third-order valence-corrected chi connectivity index (χ3v) is 6.61. The normalized spacial score (nSPS) is 11.9. The number of fused-ring (bicyclic) bond motifs is 4. The van der Waals surface area contributed by atoms with Crippen molar-refractivity contribution >= 4 is 50.3 Å². The number of thiazole rings is 1. The third kappa shape index (κ3) is 3.27. The summed E-state index contributed by atoms with van der Waals surface area (Å²) in [6.45, 7) is 3.42. The van der Waals surface area contributed by atoms with Gasteiger partial charge in [-0.3, -0.25) is 9.30 Å². The van der Waals surface area contributed by atoms with Gasteiger partial charge in [-0.2, -0.15) is 5.10 Å². The number of pyridine rings is 1. The number of nitrogens with zero attached hydrogens (tertiary/aromatic N) is 5. The topological polar surface area (TPSA) is 47.6 Å². The Morgan fingerprint density at radius 3 is 2.80 bits per heavy atom. The number of methoxy groups -OCH3 is 1. The number of rotatable bonds is 5. The zero-order chi connectivity index (χ0) is 20.8. The van der Waals surface area contributed by atoms with E-state index in [0.29, 0.717) is 11.4 Å². The number of aromatic nitrogens is 4. The summed E-state index contributed by atoms with van der Waals surface area (Å²) in [6.07, 6.45) is 0. The number of hydrogen-bond acceptors (Lipinski definition) is 6. The summed E-state index contributed by atoms with van der Waals surface area (Å²) in [5.41, 5.74) is 4.06. The fourth-order valence-corrected chi connectivity index (χ4v) is 5.10. The Labute approximate surface area is 183 Å². The molecular formula is C22H21N5OS2. The molecule has 0 unspecified atom stereocenters. The molecule has 0 saturated heterocycles. The maximum Gasteiger partial charge on any atom is 0.204 e. The van der Waals surface area contributed by atoms with Gasteiger partial charge in [0.1, 0.15) is 10.8 Å². The lowest BCUT2D eigenvalue weighted by Gasteiger charge is -2.14. The molecule has 3 aromatic heterocycles. The third-order valence-electron chi connectivity index (χ3n) is 5.20. The van der Waals surface area contributed by atoms with Gasteiger partial charge in [-0.25, -0.2) is 9.67 Å². The second-order valence-electron chi connectivity index (χ2n) is 7.42. The van der Waals surface area contributed by atoms with Crippen LogP contribution in [0.25, 0.3) is 26.8 Å². The Morgan fingerprint density at radius 1 is 1.17 bits per heavy atom. The van der Waals surface area contributed by atoms with Crippen molar-refractivity contribution in [3.05, 3.63) is 63.9 Å². The Hall–Kier alpha value is -2.81. The molecule has 8 heteroatoms. The summed E-state index contributed by atoms with van der Waals surface area (Å²) in [5, 5.41) is 7.00. The molecule has 0 fully saturated rings. The van der Waals surface area contributed by atoms with Crippen molar-refractivity contribution in [2.45, 2.75) is 20.1 Å². The van der Waals surface area contributed by atoms with Gasteiger partial charge in [0.15, 0.2) is 5.65 Å². The van der Waals surface area contributed by atoms with Gasteiger partial charge in [0.05, 0.1) is 36.1 Å². The van der Waals surface area contributed by atoms with Crippen molar-refractivity contribution < 1.29 is 4.74 Å². The Morgan fingerprint density at radius 2 is 2.00 bits per heavy atom. The molecule has 0 aliphatic carbocycles. The summed E-state index contributed by atoms with van der Waals surface area (Å²) in [7, 11) is 3.73. The molecule has 30 heavy (non-hydrogen) atoms. The zero-order valence-corrected chi connectivity index (χ0v) is 18.6. The molecular weight excluding hydrogens is 414 g/mol.